The van der Waals surface area contributed by atoms with Gasteiger partial charge in [-0.3, -0.25) is 0 Å². The SMILES string of the molecule is N#Cc1ccc(C(=O)OCC2CCN(c3ccccc3)C2)cc1. The molecule has 4 heteroatoms. The van der Waals surface area contributed by atoms with Gasteiger partial charge < -0.3 is 9.64 Å². The van der Waals surface area contributed by atoms with E-state index in [0.717, 1.165) is 19.5 Å². The van der Waals surface area contributed by atoms with Gasteiger partial charge in [-0.2, -0.15) is 5.26 Å². The molecule has 1 aliphatic rings. The first-order valence-corrected chi connectivity index (χ1v) is 7.73. The lowest BCUT2D eigenvalue weighted by atomic mass is 10.1. The summed E-state index contributed by atoms with van der Waals surface area (Å²) in [6, 6.07) is 18.8. The second kappa shape index (κ2) is 6.97. The fourth-order valence-electron chi connectivity index (χ4n) is 2.80. The lowest BCUT2D eigenvalue weighted by molar-refractivity contribution is 0.0451. The second-order valence-corrected chi connectivity index (χ2v) is 5.72. The molecule has 1 unspecified atom stereocenters. The van der Waals surface area contributed by atoms with Crippen molar-refractivity contribution in [3.63, 3.8) is 0 Å². The molecule has 3 rings (SSSR count). The third kappa shape index (κ3) is 3.70. The highest BCUT2D eigenvalue weighted by atomic mass is 16.5. The van der Waals surface area contributed by atoms with Crippen molar-refractivity contribution in [1.82, 2.24) is 0 Å². The maximum atomic E-state index is 12.0. The zero-order chi connectivity index (χ0) is 16.1. The van der Waals surface area contributed by atoms with Crippen molar-refractivity contribution < 1.29 is 9.53 Å². The van der Waals surface area contributed by atoms with Crippen molar-refractivity contribution in [2.45, 2.75) is 6.42 Å². The van der Waals surface area contributed by atoms with E-state index >= 15 is 0 Å². The number of carbonyl (C=O) groups excluding carboxylic acids is 1. The average molecular weight is 306 g/mol. The minimum Gasteiger partial charge on any atom is -0.462 e. The summed E-state index contributed by atoms with van der Waals surface area (Å²) in [7, 11) is 0. The number of para-hydroxylation sites is 1. The fraction of sp³-hybridized carbons (Fsp3) is 0.263. The summed E-state index contributed by atoms with van der Waals surface area (Å²) in [6.45, 7) is 2.33. The first-order valence-electron chi connectivity index (χ1n) is 7.73. The number of anilines is 1. The minimum absolute atomic E-state index is 0.326. The Hall–Kier alpha value is -2.80. The van der Waals surface area contributed by atoms with Crippen LogP contribution in [0.1, 0.15) is 22.3 Å². The van der Waals surface area contributed by atoms with E-state index in [2.05, 4.69) is 17.0 Å². The predicted octanol–water partition coefficient (Wildman–Crippen LogP) is 3.24. The summed E-state index contributed by atoms with van der Waals surface area (Å²) in [6.07, 6.45) is 1.02. The van der Waals surface area contributed by atoms with Crippen LogP contribution in [0.4, 0.5) is 5.69 Å². The second-order valence-electron chi connectivity index (χ2n) is 5.72. The van der Waals surface area contributed by atoms with Gasteiger partial charge in [-0.15, -0.1) is 0 Å². The van der Waals surface area contributed by atoms with Crippen LogP contribution in [0, 0.1) is 17.2 Å². The average Bonchev–Trinajstić information content (AvgIpc) is 3.09. The molecule has 1 fully saturated rings. The van der Waals surface area contributed by atoms with Gasteiger partial charge in [-0.25, -0.2) is 4.79 Å². The maximum absolute atomic E-state index is 12.0. The van der Waals surface area contributed by atoms with E-state index in [0.29, 0.717) is 23.7 Å². The van der Waals surface area contributed by atoms with E-state index in [4.69, 9.17) is 10.00 Å². The Morgan fingerprint density at radius 3 is 2.61 bits per heavy atom. The van der Waals surface area contributed by atoms with Crippen molar-refractivity contribution >= 4 is 11.7 Å². The molecule has 0 radical (unpaired) electrons. The smallest absolute Gasteiger partial charge is 0.338 e. The van der Waals surface area contributed by atoms with Crippen molar-refractivity contribution in [3.05, 3.63) is 65.7 Å². The zero-order valence-electron chi connectivity index (χ0n) is 12.8. The van der Waals surface area contributed by atoms with E-state index in [1.54, 1.807) is 24.3 Å². The third-order valence-corrected chi connectivity index (χ3v) is 4.11. The Morgan fingerprint density at radius 2 is 1.91 bits per heavy atom. The van der Waals surface area contributed by atoms with Gasteiger partial charge >= 0.3 is 5.97 Å². The van der Waals surface area contributed by atoms with Gasteiger partial charge in [0.05, 0.1) is 23.8 Å². The molecular weight excluding hydrogens is 288 g/mol. The summed E-state index contributed by atoms with van der Waals surface area (Å²) in [5.41, 5.74) is 2.24. The fourth-order valence-corrected chi connectivity index (χ4v) is 2.80. The van der Waals surface area contributed by atoms with Crippen LogP contribution < -0.4 is 4.90 Å². The summed E-state index contributed by atoms with van der Waals surface area (Å²) in [4.78, 5) is 14.4. The molecule has 0 spiro atoms. The van der Waals surface area contributed by atoms with Gasteiger partial charge in [0.15, 0.2) is 0 Å². The number of ether oxygens (including phenoxy) is 1. The number of nitriles is 1. The van der Waals surface area contributed by atoms with Crippen LogP contribution in [0.2, 0.25) is 0 Å². The highest BCUT2D eigenvalue weighted by molar-refractivity contribution is 5.89. The summed E-state index contributed by atoms with van der Waals surface area (Å²) >= 11 is 0. The van der Waals surface area contributed by atoms with Gasteiger partial charge in [0.25, 0.3) is 0 Å². The van der Waals surface area contributed by atoms with Gasteiger partial charge in [-0.05, 0) is 42.8 Å². The Kier molecular flexibility index (Phi) is 4.58. The van der Waals surface area contributed by atoms with Gasteiger partial charge in [-0.1, -0.05) is 18.2 Å². The number of rotatable bonds is 4. The molecule has 0 bridgehead atoms. The molecule has 1 saturated heterocycles. The molecule has 0 N–H and O–H groups in total. The number of hydrogen-bond donors (Lipinski definition) is 0. The van der Waals surface area contributed by atoms with Crippen molar-refractivity contribution in [2.75, 3.05) is 24.6 Å². The van der Waals surface area contributed by atoms with E-state index in [1.165, 1.54) is 5.69 Å². The largest absolute Gasteiger partial charge is 0.462 e. The molecule has 0 amide bonds. The quantitative estimate of drug-likeness (QED) is 0.814. The number of nitrogens with zero attached hydrogens (tertiary/aromatic N) is 2. The van der Waals surface area contributed by atoms with E-state index in [-0.39, 0.29) is 5.97 Å². The Bertz CT molecular complexity index is 704. The molecule has 116 valence electrons. The van der Waals surface area contributed by atoms with Crippen molar-refractivity contribution in [2.24, 2.45) is 5.92 Å². The van der Waals surface area contributed by atoms with Crippen LogP contribution >= 0.6 is 0 Å². The standard InChI is InChI=1S/C19H18N2O2/c20-12-15-6-8-17(9-7-15)19(22)23-14-16-10-11-21(13-16)18-4-2-1-3-5-18/h1-9,16H,10-11,13-14H2. The Labute approximate surface area is 135 Å². The normalized spacial score (nSPS) is 16.8. The number of hydrogen-bond acceptors (Lipinski definition) is 4. The molecule has 1 atom stereocenters. The van der Waals surface area contributed by atoms with E-state index in [9.17, 15) is 4.79 Å². The van der Waals surface area contributed by atoms with Crippen LogP contribution in [0.15, 0.2) is 54.6 Å². The number of carbonyl (C=O) groups is 1. The Morgan fingerprint density at radius 1 is 1.17 bits per heavy atom. The molecule has 0 saturated carbocycles. The third-order valence-electron chi connectivity index (χ3n) is 4.11. The van der Waals surface area contributed by atoms with Crippen LogP contribution in [0.25, 0.3) is 0 Å². The highest BCUT2D eigenvalue weighted by Crippen LogP contribution is 2.23. The van der Waals surface area contributed by atoms with E-state index in [1.807, 2.05) is 24.3 Å². The first kappa shape index (κ1) is 15.1. The minimum atomic E-state index is -0.326. The lowest BCUT2D eigenvalue weighted by Gasteiger charge is -2.18. The van der Waals surface area contributed by atoms with Crippen molar-refractivity contribution in [3.8, 4) is 6.07 Å². The van der Waals surface area contributed by atoms with Crippen LogP contribution in [-0.2, 0) is 4.74 Å². The molecular formula is C19H18N2O2. The molecule has 1 aliphatic heterocycles. The molecule has 1 heterocycles. The topological polar surface area (TPSA) is 53.3 Å². The molecule has 0 aromatic heterocycles. The highest BCUT2D eigenvalue weighted by Gasteiger charge is 2.24. The van der Waals surface area contributed by atoms with E-state index < -0.39 is 0 Å². The summed E-state index contributed by atoms with van der Waals surface area (Å²) < 4.78 is 5.42. The summed E-state index contributed by atoms with van der Waals surface area (Å²) in [5, 5.41) is 8.76. The van der Waals surface area contributed by atoms with Crippen LogP contribution in [0.5, 0.6) is 0 Å². The number of esters is 1. The summed E-state index contributed by atoms with van der Waals surface area (Å²) in [5.74, 6) is 0.0326. The molecule has 4 nitrogen and oxygen atoms in total. The van der Waals surface area contributed by atoms with Crippen molar-refractivity contribution in [1.29, 1.82) is 5.26 Å². The first-order chi connectivity index (χ1) is 11.3. The molecule has 0 aliphatic carbocycles. The van der Waals surface area contributed by atoms with Gasteiger partial charge in [0, 0.05) is 24.7 Å². The zero-order valence-corrected chi connectivity index (χ0v) is 12.8. The molecule has 2 aromatic rings. The monoisotopic (exact) mass is 306 g/mol. The van der Waals surface area contributed by atoms with Gasteiger partial charge in [0.1, 0.15) is 0 Å². The van der Waals surface area contributed by atoms with Gasteiger partial charge in [0.2, 0.25) is 0 Å². The van der Waals surface area contributed by atoms with Crippen LogP contribution in [-0.4, -0.2) is 25.7 Å². The lowest BCUT2D eigenvalue weighted by Crippen LogP contribution is -2.21. The van der Waals surface area contributed by atoms with Crippen LogP contribution in [0.3, 0.4) is 0 Å². The predicted molar refractivity (Wildman–Crippen MR) is 88.2 cm³/mol. The molecule has 2 aromatic carbocycles. The molecule has 23 heavy (non-hydrogen) atoms. The Balaban J connectivity index is 1.51. The number of benzene rings is 2. The maximum Gasteiger partial charge on any atom is 0.338 e.